The number of hydrogen-bond acceptors (Lipinski definition) is 4. The van der Waals surface area contributed by atoms with Gasteiger partial charge in [0.1, 0.15) is 11.5 Å². The normalized spacial score (nSPS) is 10.8. The Hall–Kier alpha value is -2.40. The fraction of sp³-hybridized carbons (Fsp3) is 0.143. The van der Waals surface area contributed by atoms with Crippen molar-refractivity contribution in [2.45, 2.75) is 6.42 Å². The van der Waals surface area contributed by atoms with Crippen LogP contribution < -0.4 is 0 Å². The Bertz CT molecular complexity index is 658. The summed E-state index contributed by atoms with van der Waals surface area (Å²) in [6.45, 7) is 0.0535. The predicted molar refractivity (Wildman–Crippen MR) is 69.9 cm³/mol. The number of aromatic nitrogens is 3. The van der Waals surface area contributed by atoms with E-state index in [1.807, 2.05) is 42.6 Å². The van der Waals surface area contributed by atoms with Crippen molar-refractivity contribution in [1.82, 2.24) is 14.9 Å². The molecule has 0 saturated carbocycles. The van der Waals surface area contributed by atoms with Gasteiger partial charge < -0.3 is 9.63 Å². The fourth-order valence-electron chi connectivity index (χ4n) is 1.85. The molecular formula is C14H13N3O2. The van der Waals surface area contributed by atoms with Crippen LogP contribution in [0.4, 0.5) is 0 Å². The van der Waals surface area contributed by atoms with Crippen LogP contribution >= 0.6 is 0 Å². The fourth-order valence-corrected chi connectivity index (χ4v) is 1.85. The van der Waals surface area contributed by atoms with Crippen LogP contribution in [0.5, 0.6) is 0 Å². The van der Waals surface area contributed by atoms with Crippen molar-refractivity contribution in [3.8, 4) is 16.9 Å². The van der Waals surface area contributed by atoms with Crippen molar-refractivity contribution in [2.75, 3.05) is 6.61 Å². The number of benzene rings is 1. The minimum Gasteiger partial charge on any atom is -0.396 e. The number of rotatable bonds is 4. The van der Waals surface area contributed by atoms with E-state index in [9.17, 15) is 0 Å². The van der Waals surface area contributed by atoms with Gasteiger partial charge in [-0.05, 0) is 12.1 Å². The lowest BCUT2D eigenvalue weighted by atomic mass is 10.2. The van der Waals surface area contributed by atoms with Crippen LogP contribution in [-0.2, 0) is 6.42 Å². The highest BCUT2D eigenvalue weighted by Gasteiger charge is 2.09. The predicted octanol–water partition coefficient (Wildman–Crippen LogP) is 2.06. The van der Waals surface area contributed by atoms with Crippen molar-refractivity contribution in [3.63, 3.8) is 0 Å². The van der Waals surface area contributed by atoms with E-state index in [-0.39, 0.29) is 6.61 Å². The van der Waals surface area contributed by atoms with Crippen LogP contribution in [0.25, 0.3) is 16.9 Å². The zero-order valence-electron chi connectivity index (χ0n) is 10.2. The maximum Gasteiger partial charge on any atom is 0.139 e. The molecule has 19 heavy (non-hydrogen) atoms. The molecule has 96 valence electrons. The van der Waals surface area contributed by atoms with Crippen LogP contribution in [0.15, 0.2) is 53.3 Å². The van der Waals surface area contributed by atoms with Gasteiger partial charge in [0.05, 0.1) is 18.5 Å². The van der Waals surface area contributed by atoms with E-state index in [4.69, 9.17) is 9.63 Å². The van der Waals surface area contributed by atoms with Gasteiger partial charge in [-0.15, -0.1) is 0 Å². The van der Waals surface area contributed by atoms with E-state index < -0.39 is 0 Å². The molecule has 0 atom stereocenters. The summed E-state index contributed by atoms with van der Waals surface area (Å²) in [6.07, 6.45) is 4.11. The highest BCUT2D eigenvalue weighted by molar-refractivity contribution is 5.57. The minimum absolute atomic E-state index is 0.0535. The molecule has 0 unspecified atom stereocenters. The molecule has 1 aromatic carbocycles. The zero-order chi connectivity index (χ0) is 13.1. The highest BCUT2D eigenvalue weighted by Crippen LogP contribution is 2.20. The van der Waals surface area contributed by atoms with Crippen molar-refractivity contribution < 1.29 is 9.63 Å². The molecule has 0 aliphatic carbocycles. The molecule has 5 heteroatoms. The summed E-state index contributed by atoms with van der Waals surface area (Å²) in [5, 5.41) is 17.1. The van der Waals surface area contributed by atoms with Gasteiger partial charge >= 0.3 is 0 Å². The van der Waals surface area contributed by atoms with E-state index >= 15 is 0 Å². The Morgan fingerprint density at radius 2 is 2.05 bits per heavy atom. The second kappa shape index (κ2) is 5.07. The van der Waals surface area contributed by atoms with Crippen LogP contribution in [0.1, 0.15) is 5.76 Å². The summed E-state index contributed by atoms with van der Waals surface area (Å²) in [6, 6.07) is 11.7. The number of para-hydroxylation sites is 1. The van der Waals surface area contributed by atoms with Crippen LogP contribution in [0.2, 0.25) is 0 Å². The van der Waals surface area contributed by atoms with E-state index in [1.54, 1.807) is 10.9 Å². The molecule has 0 aliphatic rings. The maximum absolute atomic E-state index is 8.85. The third-order valence-electron chi connectivity index (χ3n) is 2.82. The van der Waals surface area contributed by atoms with Gasteiger partial charge in [0.2, 0.25) is 0 Å². The smallest absolute Gasteiger partial charge is 0.139 e. The summed E-state index contributed by atoms with van der Waals surface area (Å²) in [5.41, 5.74) is 2.61. The summed E-state index contributed by atoms with van der Waals surface area (Å²) >= 11 is 0. The first kappa shape index (κ1) is 11.7. The summed E-state index contributed by atoms with van der Waals surface area (Å²) in [7, 11) is 0. The monoisotopic (exact) mass is 255 g/mol. The lowest BCUT2D eigenvalue weighted by Crippen LogP contribution is -1.92. The lowest BCUT2D eigenvalue weighted by Gasteiger charge is -1.98. The minimum atomic E-state index is 0.0535. The summed E-state index contributed by atoms with van der Waals surface area (Å²) < 4.78 is 6.91. The molecule has 3 rings (SSSR count). The van der Waals surface area contributed by atoms with Gasteiger partial charge in [-0.2, -0.15) is 5.10 Å². The molecule has 1 N–H and O–H groups in total. The maximum atomic E-state index is 8.85. The Labute approximate surface area is 110 Å². The second-order valence-corrected chi connectivity index (χ2v) is 4.16. The van der Waals surface area contributed by atoms with Gasteiger partial charge in [0.25, 0.3) is 0 Å². The quantitative estimate of drug-likeness (QED) is 0.775. The first-order valence-electron chi connectivity index (χ1n) is 6.04. The molecule has 5 nitrogen and oxygen atoms in total. The highest BCUT2D eigenvalue weighted by atomic mass is 16.5. The molecule has 0 fully saturated rings. The van der Waals surface area contributed by atoms with Crippen molar-refractivity contribution in [3.05, 3.63) is 54.6 Å². The molecule has 0 amide bonds. The van der Waals surface area contributed by atoms with Crippen molar-refractivity contribution in [1.29, 1.82) is 0 Å². The second-order valence-electron chi connectivity index (χ2n) is 4.16. The Kier molecular flexibility index (Phi) is 3.12. The van der Waals surface area contributed by atoms with Crippen LogP contribution in [-0.4, -0.2) is 26.7 Å². The third kappa shape index (κ3) is 2.41. The molecule has 2 heterocycles. The van der Waals surface area contributed by atoms with E-state index in [2.05, 4.69) is 10.3 Å². The van der Waals surface area contributed by atoms with Gasteiger partial charge in [-0.25, -0.2) is 4.68 Å². The largest absolute Gasteiger partial charge is 0.396 e. The zero-order valence-corrected chi connectivity index (χ0v) is 10.2. The molecule has 0 radical (unpaired) electrons. The SMILES string of the molecule is OCCc1cc(-c2cnn(-c3ccccc3)c2)no1. The third-order valence-corrected chi connectivity index (χ3v) is 2.82. The molecule has 3 aromatic rings. The van der Waals surface area contributed by atoms with Crippen molar-refractivity contribution in [2.24, 2.45) is 0 Å². The van der Waals surface area contributed by atoms with Crippen molar-refractivity contribution >= 4 is 0 Å². The molecule has 2 aromatic heterocycles. The van der Waals surface area contributed by atoms with Gasteiger partial charge in [-0.3, -0.25) is 0 Å². The first-order valence-corrected chi connectivity index (χ1v) is 6.04. The number of aliphatic hydroxyl groups is 1. The Morgan fingerprint density at radius 1 is 1.21 bits per heavy atom. The Balaban J connectivity index is 1.88. The standard InChI is InChI=1S/C14H13N3O2/c18-7-6-13-8-14(16-19-13)11-9-15-17(10-11)12-4-2-1-3-5-12/h1-5,8-10,18H,6-7H2. The average molecular weight is 255 g/mol. The number of hydrogen-bond donors (Lipinski definition) is 1. The topological polar surface area (TPSA) is 64.1 Å². The summed E-state index contributed by atoms with van der Waals surface area (Å²) in [5.74, 6) is 0.671. The molecule has 0 spiro atoms. The summed E-state index contributed by atoms with van der Waals surface area (Å²) in [4.78, 5) is 0. The molecule has 0 aliphatic heterocycles. The van der Waals surface area contributed by atoms with E-state index in [1.165, 1.54) is 0 Å². The molecule has 0 saturated heterocycles. The van der Waals surface area contributed by atoms with Gasteiger partial charge in [0.15, 0.2) is 0 Å². The van der Waals surface area contributed by atoms with E-state index in [0.29, 0.717) is 12.2 Å². The number of aliphatic hydroxyl groups excluding tert-OH is 1. The molecular weight excluding hydrogens is 242 g/mol. The van der Waals surface area contributed by atoms with Gasteiger partial charge in [0, 0.05) is 24.2 Å². The van der Waals surface area contributed by atoms with Gasteiger partial charge in [-0.1, -0.05) is 23.4 Å². The van der Waals surface area contributed by atoms with Crippen LogP contribution in [0.3, 0.4) is 0 Å². The lowest BCUT2D eigenvalue weighted by molar-refractivity contribution is 0.277. The number of nitrogens with zero attached hydrogens (tertiary/aromatic N) is 3. The van der Waals surface area contributed by atoms with E-state index in [0.717, 1.165) is 16.9 Å². The average Bonchev–Trinajstić information content (AvgIpc) is 3.08. The Morgan fingerprint density at radius 3 is 2.84 bits per heavy atom. The molecule has 0 bridgehead atoms. The van der Waals surface area contributed by atoms with Crippen LogP contribution in [0, 0.1) is 0 Å². The first-order chi connectivity index (χ1) is 9.36.